The van der Waals surface area contributed by atoms with Gasteiger partial charge in [-0.1, -0.05) is 62.0 Å². The van der Waals surface area contributed by atoms with E-state index in [0.717, 1.165) is 16.9 Å². The molecule has 0 bridgehead atoms. The number of aromatic nitrogens is 3. The van der Waals surface area contributed by atoms with Gasteiger partial charge in [-0.05, 0) is 36.6 Å². The highest BCUT2D eigenvalue weighted by Crippen LogP contribution is 2.27. The first-order valence-corrected chi connectivity index (χ1v) is 9.46. The van der Waals surface area contributed by atoms with Crippen molar-refractivity contribution in [1.29, 1.82) is 0 Å². The number of rotatable bonds is 6. The van der Waals surface area contributed by atoms with E-state index in [2.05, 4.69) is 29.4 Å². The number of thioether (sulfide) groups is 1. The molecule has 1 atom stereocenters. The number of nitrogens with zero attached hydrogens (tertiary/aromatic N) is 3. The first kappa shape index (κ1) is 18.2. The second kappa shape index (κ2) is 8.19. The molecule has 0 fully saturated rings. The van der Waals surface area contributed by atoms with E-state index >= 15 is 0 Å². The van der Waals surface area contributed by atoms with Gasteiger partial charge < -0.3 is 5.32 Å². The summed E-state index contributed by atoms with van der Waals surface area (Å²) < 4.78 is 1.89. The summed E-state index contributed by atoms with van der Waals surface area (Å²) in [5.74, 6) is 0.293. The Bertz CT molecular complexity index is 876. The summed E-state index contributed by atoms with van der Waals surface area (Å²) in [5, 5.41) is 11.6. The second-order valence-corrected chi connectivity index (χ2v) is 7.62. The summed E-state index contributed by atoms with van der Waals surface area (Å²) in [7, 11) is 0. The number of benzene rings is 2. The lowest BCUT2D eigenvalue weighted by atomic mass is 10.0. The molecule has 0 aliphatic rings. The number of hydrogen-bond donors (Lipinski definition) is 1. The van der Waals surface area contributed by atoms with Gasteiger partial charge in [-0.25, -0.2) is 0 Å². The Morgan fingerprint density at radius 3 is 2.46 bits per heavy atom. The Morgan fingerprint density at radius 1 is 1.04 bits per heavy atom. The van der Waals surface area contributed by atoms with Crippen LogP contribution < -0.4 is 5.32 Å². The number of anilines is 1. The van der Waals surface area contributed by atoms with E-state index in [0.29, 0.717) is 11.1 Å². The van der Waals surface area contributed by atoms with Crippen LogP contribution in [0.3, 0.4) is 0 Å². The van der Waals surface area contributed by atoms with Crippen LogP contribution in [0.5, 0.6) is 0 Å². The van der Waals surface area contributed by atoms with Gasteiger partial charge in [0.2, 0.25) is 5.91 Å². The topological polar surface area (TPSA) is 59.8 Å². The van der Waals surface area contributed by atoms with Gasteiger partial charge in [0.05, 0.1) is 5.25 Å². The Morgan fingerprint density at radius 2 is 1.73 bits per heavy atom. The number of hydrogen-bond acceptors (Lipinski definition) is 4. The van der Waals surface area contributed by atoms with Gasteiger partial charge in [0.15, 0.2) is 5.16 Å². The fraction of sp³-hybridized carbons (Fsp3) is 0.250. The Kier molecular flexibility index (Phi) is 5.73. The van der Waals surface area contributed by atoms with Crippen molar-refractivity contribution >= 4 is 23.4 Å². The minimum Gasteiger partial charge on any atom is -0.325 e. The van der Waals surface area contributed by atoms with Crippen molar-refractivity contribution in [3.63, 3.8) is 0 Å². The van der Waals surface area contributed by atoms with Crippen LogP contribution in [0.4, 0.5) is 5.69 Å². The van der Waals surface area contributed by atoms with Crippen LogP contribution in [0.25, 0.3) is 5.69 Å². The zero-order valence-corrected chi connectivity index (χ0v) is 15.9. The molecule has 1 aromatic heterocycles. The van der Waals surface area contributed by atoms with Crippen LogP contribution in [0.15, 0.2) is 66.1 Å². The highest BCUT2D eigenvalue weighted by molar-refractivity contribution is 8.00. The van der Waals surface area contributed by atoms with Crippen molar-refractivity contribution in [3.05, 3.63) is 66.5 Å². The van der Waals surface area contributed by atoms with Gasteiger partial charge >= 0.3 is 0 Å². The van der Waals surface area contributed by atoms with Crippen LogP contribution in [-0.4, -0.2) is 25.9 Å². The van der Waals surface area contributed by atoms with Crippen molar-refractivity contribution in [2.75, 3.05) is 5.32 Å². The smallest absolute Gasteiger partial charge is 0.237 e. The number of carbonyl (C=O) groups is 1. The van der Waals surface area contributed by atoms with Gasteiger partial charge in [0.25, 0.3) is 0 Å². The molecule has 0 aliphatic carbocycles. The molecular formula is C20H22N4OS. The fourth-order valence-corrected chi connectivity index (χ4v) is 3.47. The molecule has 3 aromatic rings. The average molecular weight is 366 g/mol. The third-order valence-electron chi connectivity index (χ3n) is 4.04. The summed E-state index contributed by atoms with van der Waals surface area (Å²) in [6.07, 6.45) is 1.66. The number of para-hydroxylation sites is 2. The summed E-state index contributed by atoms with van der Waals surface area (Å²) in [6.45, 7) is 6.11. The Labute approximate surface area is 157 Å². The van der Waals surface area contributed by atoms with E-state index in [1.807, 2.05) is 66.1 Å². The molecule has 0 radical (unpaired) electrons. The van der Waals surface area contributed by atoms with E-state index < -0.39 is 0 Å². The molecule has 134 valence electrons. The number of nitrogens with one attached hydrogen (secondary N) is 1. The predicted octanol–water partition coefficient (Wildman–Crippen LogP) is 4.51. The van der Waals surface area contributed by atoms with Gasteiger partial charge in [-0.15, -0.1) is 10.2 Å². The third kappa shape index (κ3) is 4.14. The lowest BCUT2D eigenvalue weighted by Crippen LogP contribution is -2.23. The molecule has 1 heterocycles. The Hall–Kier alpha value is -2.60. The van der Waals surface area contributed by atoms with E-state index in [4.69, 9.17) is 0 Å². The molecule has 3 rings (SSSR count). The molecule has 26 heavy (non-hydrogen) atoms. The summed E-state index contributed by atoms with van der Waals surface area (Å²) in [6, 6.07) is 17.8. The van der Waals surface area contributed by atoms with Crippen LogP contribution in [-0.2, 0) is 4.79 Å². The maximum absolute atomic E-state index is 12.7. The normalized spacial score (nSPS) is 12.2. The highest BCUT2D eigenvalue weighted by atomic mass is 32.2. The van der Waals surface area contributed by atoms with E-state index in [9.17, 15) is 4.79 Å². The van der Waals surface area contributed by atoms with Gasteiger partial charge in [-0.3, -0.25) is 9.36 Å². The largest absolute Gasteiger partial charge is 0.325 e. The van der Waals surface area contributed by atoms with E-state index in [1.54, 1.807) is 6.33 Å². The molecule has 0 aliphatic heterocycles. The molecular weight excluding hydrogens is 344 g/mol. The zero-order valence-electron chi connectivity index (χ0n) is 15.1. The third-order valence-corrected chi connectivity index (χ3v) is 5.10. The first-order valence-electron chi connectivity index (χ1n) is 8.58. The molecule has 0 spiro atoms. The van der Waals surface area contributed by atoms with Crippen molar-refractivity contribution in [1.82, 2.24) is 14.8 Å². The molecule has 0 saturated carbocycles. The molecule has 1 amide bonds. The molecule has 6 heteroatoms. The first-order chi connectivity index (χ1) is 12.6. The standard InChI is InChI=1S/C20H22N4OS/c1-14(2)17-11-7-8-12-18(17)22-19(25)15(3)26-20-23-21-13-24(20)16-9-5-4-6-10-16/h4-15H,1-3H3,(H,22,25). The number of amides is 1. The van der Waals surface area contributed by atoms with Crippen LogP contribution in [0, 0.1) is 0 Å². The molecule has 1 unspecified atom stereocenters. The van der Waals surface area contributed by atoms with Crippen molar-refractivity contribution in [2.24, 2.45) is 0 Å². The lowest BCUT2D eigenvalue weighted by Gasteiger charge is -2.16. The summed E-state index contributed by atoms with van der Waals surface area (Å²) >= 11 is 1.39. The average Bonchev–Trinajstić information content (AvgIpc) is 3.10. The predicted molar refractivity (Wildman–Crippen MR) is 106 cm³/mol. The minimum absolute atomic E-state index is 0.0503. The van der Waals surface area contributed by atoms with E-state index in [-0.39, 0.29) is 11.2 Å². The van der Waals surface area contributed by atoms with Gasteiger partial charge in [0, 0.05) is 11.4 Å². The monoisotopic (exact) mass is 366 g/mol. The van der Waals surface area contributed by atoms with Crippen molar-refractivity contribution in [2.45, 2.75) is 37.1 Å². The quantitative estimate of drug-likeness (QED) is 0.652. The molecule has 2 aromatic carbocycles. The van der Waals surface area contributed by atoms with Crippen LogP contribution in [0.1, 0.15) is 32.3 Å². The van der Waals surface area contributed by atoms with Gasteiger partial charge in [0.1, 0.15) is 6.33 Å². The zero-order chi connectivity index (χ0) is 18.5. The second-order valence-electron chi connectivity index (χ2n) is 6.31. The maximum Gasteiger partial charge on any atom is 0.237 e. The van der Waals surface area contributed by atoms with Crippen LogP contribution >= 0.6 is 11.8 Å². The van der Waals surface area contributed by atoms with Crippen molar-refractivity contribution < 1.29 is 4.79 Å². The fourth-order valence-electron chi connectivity index (χ4n) is 2.63. The SMILES string of the molecule is CC(Sc1nncn1-c1ccccc1)C(=O)Nc1ccccc1C(C)C. The molecule has 0 saturated heterocycles. The lowest BCUT2D eigenvalue weighted by molar-refractivity contribution is -0.115. The van der Waals surface area contributed by atoms with Gasteiger partial charge in [-0.2, -0.15) is 0 Å². The van der Waals surface area contributed by atoms with Crippen molar-refractivity contribution in [3.8, 4) is 5.69 Å². The Balaban J connectivity index is 1.73. The summed E-state index contributed by atoms with van der Waals surface area (Å²) in [5.41, 5.74) is 2.97. The summed E-state index contributed by atoms with van der Waals surface area (Å²) in [4.78, 5) is 12.7. The maximum atomic E-state index is 12.7. The van der Waals surface area contributed by atoms with Crippen LogP contribution in [0.2, 0.25) is 0 Å². The molecule has 1 N–H and O–H groups in total. The van der Waals surface area contributed by atoms with E-state index in [1.165, 1.54) is 11.8 Å². The number of carbonyl (C=O) groups excluding carboxylic acids is 1. The molecule has 5 nitrogen and oxygen atoms in total. The highest BCUT2D eigenvalue weighted by Gasteiger charge is 2.19. The minimum atomic E-state index is -0.304.